The highest BCUT2D eigenvalue weighted by Crippen LogP contribution is 2.27. The van der Waals surface area contributed by atoms with Crippen LogP contribution >= 0.6 is 0 Å². The van der Waals surface area contributed by atoms with Crippen LogP contribution in [-0.2, 0) is 10.0 Å². The maximum atomic E-state index is 12.8. The molecule has 118 valence electrons. The number of sulfonamides is 1. The zero-order valence-corrected chi connectivity index (χ0v) is 14.0. The van der Waals surface area contributed by atoms with Gasteiger partial charge in [-0.3, -0.25) is 0 Å². The second-order valence-corrected chi connectivity index (χ2v) is 7.87. The second-order valence-electron chi connectivity index (χ2n) is 6.22. The Balaban J connectivity index is 2.32. The van der Waals surface area contributed by atoms with Gasteiger partial charge < -0.3 is 5.11 Å². The molecule has 0 aliphatic heterocycles. The van der Waals surface area contributed by atoms with E-state index in [1.165, 1.54) is 0 Å². The van der Waals surface area contributed by atoms with Crippen molar-refractivity contribution in [3.63, 3.8) is 0 Å². The van der Waals surface area contributed by atoms with Gasteiger partial charge in [0.15, 0.2) is 0 Å². The van der Waals surface area contributed by atoms with Crippen LogP contribution in [0.3, 0.4) is 0 Å². The van der Waals surface area contributed by atoms with Gasteiger partial charge in [-0.1, -0.05) is 6.07 Å². The van der Waals surface area contributed by atoms with Gasteiger partial charge in [-0.2, -0.15) is 0 Å². The van der Waals surface area contributed by atoms with Gasteiger partial charge in [0.25, 0.3) is 0 Å². The number of hydrogen-bond acceptors (Lipinski definition) is 3. The highest BCUT2D eigenvalue weighted by molar-refractivity contribution is 7.89. The summed E-state index contributed by atoms with van der Waals surface area (Å²) in [4.78, 5) is 0.422. The molecule has 0 unspecified atom stereocenters. The van der Waals surface area contributed by atoms with E-state index in [4.69, 9.17) is 0 Å². The number of nitrogens with one attached hydrogen (secondary N) is 1. The molecule has 0 saturated heterocycles. The largest absolute Gasteiger partial charge is 0.393 e. The van der Waals surface area contributed by atoms with E-state index in [0.717, 1.165) is 22.3 Å². The minimum absolute atomic E-state index is 0.0713. The van der Waals surface area contributed by atoms with E-state index in [1.54, 1.807) is 0 Å². The molecule has 0 radical (unpaired) electrons. The third-order valence-corrected chi connectivity index (χ3v) is 6.38. The molecule has 2 rings (SSSR count). The Kier molecular flexibility index (Phi) is 4.76. The van der Waals surface area contributed by atoms with Gasteiger partial charge in [0.05, 0.1) is 11.0 Å². The molecule has 1 fully saturated rings. The summed E-state index contributed by atoms with van der Waals surface area (Å²) in [5, 5.41) is 9.53. The number of benzene rings is 1. The fraction of sp³-hybridized carbons (Fsp3) is 0.625. The number of aliphatic hydroxyl groups excluding tert-OH is 1. The summed E-state index contributed by atoms with van der Waals surface area (Å²) in [6.45, 7) is 7.61. The van der Waals surface area contributed by atoms with Crippen molar-refractivity contribution in [3.05, 3.63) is 28.3 Å². The van der Waals surface area contributed by atoms with E-state index in [-0.39, 0.29) is 12.1 Å². The summed E-state index contributed by atoms with van der Waals surface area (Å²) in [5.74, 6) is 0. The van der Waals surface area contributed by atoms with E-state index in [2.05, 4.69) is 4.72 Å². The lowest BCUT2D eigenvalue weighted by Crippen LogP contribution is -2.39. The predicted octanol–water partition coefficient (Wildman–Crippen LogP) is 2.50. The lowest BCUT2D eigenvalue weighted by molar-refractivity contribution is 0.120. The molecule has 2 N–H and O–H groups in total. The van der Waals surface area contributed by atoms with Crippen LogP contribution in [0.15, 0.2) is 11.0 Å². The maximum absolute atomic E-state index is 12.8. The molecule has 0 atom stereocenters. The van der Waals surface area contributed by atoms with Crippen LogP contribution in [0.25, 0.3) is 0 Å². The van der Waals surface area contributed by atoms with Crippen molar-refractivity contribution < 1.29 is 13.5 Å². The summed E-state index contributed by atoms with van der Waals surface area (Å²) in [6.07, 6.45) is 2.44. The van der Waals surface area contributed by atoms with E-state index < -0.39 is 10.0 Å². The van der Waals surface area contributed by atoms with E-state index in [1.807, 2.05) is 33.8 Å². The van der Waals surface area contributed by atoms with Gasteiger partial charge >= 0.3 is 0 Å². The molecule has 1 aliphatic carbocycles. The van der Waals surface area contributed by atoms with Gasteiger partial charge in [0.1, 0.15) is 0 Å². The molecule has 1 aliphatic rings. The van der Waals surface area contributed by atoms with Crippen LogP contribution in [0.5, 0.6) is 0 Å². The van der Waals surface area contributed by atoms with Crippen molar-refractivity contribution >= 4 is 10.0 Å². The minimum Gasteiger partial charge on any atom is -0.393 e. The quantitative estimate of drug-likeness (QED) is 0.901. The van der Waals surface area contributed by atoms with Crippen molar-refractivity contribution in [3.8, 4) is 0 Å². The van der Waals surface area contributed by atoms with E-state index in [9.17, 15) is 13.5 Å². The predicted molar refractivity (Wildman–Crippen MR) is 84.0 cm³/mol. The summed E-state index contributed by atoms with van der Waals surface area (Å²) in [6, 6.07) is 1.96. The van der Waals surface area contributed by atoms with E-state index >= 15 is 0 Å². The first kappa shape index (κ1) is 16.5. The molecular weight excluding hydrogens is 286 g/mol. The van der Waals surface area contributed by atoms with Crippen LogP contribution < -0.4 is 4.72 Å². The Labute approximate surface area is 127 Å². The monoisotopic (exact) mass is 311 g/mol. The lowest BCUT2D eigenvalue weighted by Gasteiger charge is -2.27. The molecular formula is C16H25NO3S. The molecule has 5 heteroatoms. The molecule has 1 aromatic rings. The lowest BCUT2D eigenvalue weighted by atomic mass is 9.94. The standard InChI is InChI=1S/C16H25NO3S/c1-10-9-11(2)13(4)16(12(10)3)21(19,20)17-14-5-7-15(18)8-6-14/h9,14-15,17-18H,5-8H2,1-4H3. The Hall–Kier alpha value is -0.910. The van der Waals surface area contributed by atoms with Crippen molar-refractivity contribution in [2.45, 2.75) is 70.4 Å². The molecule has 4 nitrogen and oxygen atoms in total. The van der Waals surface area contributed by atoms with Gasteiger partial charge in [-0.15, -0.1) is 0 Å². The first-order valence-electron chi connectivity index (χ1n) is 7.50. The molecule has 0 aromatic heterocycles. The van der Waals surface area contributed by atoms with Crippen LogP contribution in [0.4, 0.5) is 0 Å². The third-order valence-electron chi connectivity index (χ3n) is 4.58. The molecule has 21 heavy (non-hydrogen) atoms. The Morgan fingerprint density at radius 1 is 1.00 bits per heavy atom. The SMILES string of the molecule is Cc1cc(C)c(C)c(S(=O)(=O)NC2CCC(O)CC2)c1C. The first-order chi connectivity index (χ1) is 9.72. The average Bonchev–Trinajstić information content (AvgIpc) is 2.39. The fourth-order valence-electron chi connectivity index (χ4n) is 3.06. The van der Waals surface area contributed by atoms with Crippen molar-refractivity contribution in [2.24, 2.45) is 0 Å². The van der Waals surface area contributed by atoms with Crippen molar-refractivity contribution in [1.82, 2.24) is 4.72 Å². The number of hydrogen-bond donors (Lipinski definition) is 2. The summed E-state index contributed by atoms with van der Waals surface area (Å²) >= 11 is 0. The molecule has 0 bridgehead atoms. The van der Waals surface area contributed by atoms with Gasteiger partial charge in [-0.25, -0.2) is 13.1 Å². The van der Waals surface area contributed by atoms with Crippen LogP contribution in [0, 0.1) is 27.7 Å². The molecule has 0 spiro atoms. The summed E-state index contributed by atoms with van der Waals surface area (Å²) < 4.78 is 28.3. The normalized spacial score (nSPS) is 23.3. The fourth-order valence-corrected chi connectivity index (χ4v) is 4.98. The maximum Gasteiger partial charge on any atom is 0.241 e. The summed E-state index contributed by atoms with van der Waals surface area (Å²) in [5.41, 5.74) is 3.64. The zero-order valence-electron chi connectivity index (χ0n) is 13.2. The Morgan fingerprint density at radius 3 is 1.95 bits per heavy atom. The number of rotatable bonds is 3. The van der Waals surface area contributed by atoms with E-state index in [0.29, 0.717) is 30.6 Å². The Morgan fingerprint density at radius 2 is 1.48 bits per heavy atom. The zero-order chi connectivity index (χ0) is 15.8. The highest BCUT2D eigenvalue weighted by atomic mass is 32.2. The number of aryl methyl sites for hydroxylation is 2. The van der Waals surface area contributed by atoms with Gasteiger partial charge in [-0.05, 0) is 75.6 Å². The van der Waals surface area contributed by atoms with Crippen LogP contribution in [0.2, 0.25) is 0 Å². The molecule has 1 aromatic carbocycles. The smallest absolute Gasteiger partial charge is 0.241 e. The van der Waals surface area contributed by atoms with Crippen molar-refractivity contribution in [2.75, 3.05) is 0 Å². The summed E-state index contributed by atoms with van der Waals surface area (Å²) in [7, 11) is -3.52. The second kappa shape index (κ2) is 6.07. The minimum atomic E-state index is -3.52. The topological polar surface area (TPSA) is 66.4 Å². The first-order valence-corrected chi connectivity index (χ1v) is 8.98. The van der Waals surface area contributed by atoms with Crippen LogP contribution in [-0.4, -0.2) is 25.7 Å². The van der Waals surface area contributed by atoms with Gasteiger partial charge in [0.2, 0.25) is 10.0 Å². The average molecular weight is 311 g/mol. The Bertz CT molecular complexity index is 603. The van der Waals surface area contributed by atoms with Gasteiger partial charge in [0, 0.05) is 6.04 Å². The molecule has 1 saturated carbocycles. The van der Waals surface area contributed by atoms with Crippen LogP contribution in [0.1, 0.15) is 47.9 Å². The molecule has 0 amide bonds. The van der Waals surface area contributed by atoms with Crippen molar-refractivity contribution in [1.29, 1.82) is 0 Å². The third kappa shape index (κ3) is 3.47. The number of aliphatic hydroxyl groups is 1. The molecule has 0 heterocycles. The highest BCUT2D eigenvalue weighted by Gasteiger charge is 2.27.